The molecular formula is C15H9F5N2. The van der Waals surface area contributed by atoms with Crippen LogP contribution in [0.4, 0.5) is 27.6 Å². The van der Waals surface area contributed by atoms with Crippen molar-refractivity contribution in [2.24, 2.45) is 5.10 Å². The van der Waals surface area contributed by atoms with E-state index in [9.17, 15) is 22.0 Å². The van der Waals surface area contributed by atoms with Gasteiger partial charge in [-0.05, 0) is 11.6 Å². The zero-order chi connectivity index (χ0) is 16.1. The molecule has 0 spiro atoms. The highest BCUT2D eigenvalue weighted by Gasteiger charge is 2.25. The van der Waals surface area contributed by atoms with Crippen molar-refractivity contribution in [3.05, 3.63) is 71.1 Å². The molecule has 22 heavy (non-hydrogen) atoms. The number of nitrogens with one attached hydrogen (secondary N) is 1. The molecule has 0 aliphatic rings. The van der Waals surface area contributed by atoms with Gasteiger partial charge in [0.25, 0.3) is 0 Å². The fourth-order valence-electron chi connectivity index (χ4n) is 1.57. The summed E-state index contributed by atoms with van der Waals surface area (Å²) in [7, 11) is 0. The maximum atomic E-state index is 13.3. The first-order valence-electron chi connectivity index (χ1n) is 6.04. The molecule has 2 aromatic rings. The molecule has 2 rings (SSSR count). The van der Waals surface area contributed by atoms with Crippen molar-refractivity contribution < 1.29 is 22.0 Å². The molecule has 114 valence electrons. The Morgan fingerprint density at radius 2 is 1.32 bits per heavy atom. The Morgan fingerprint density at radius 1 is 0.773 bits per heavy atom. The van der Waals surface area contributed by atoms with Crippen LogP contribution in [0.25, 0.3) is 6.08 Å². The van der Waals surface area contributed by atoms with Crippen LogP contribution in [-0.2, 0) is 0 Å². The first-order valence-corrected chi connectivity index (χ1v) is 6.04. The van der Waals surface area contributed by atoms with Gasteiger partial charge in [0.1, 0.15) is 5.69 Å². The molecule has 0 aromatic heterocycles. The second kappa shape index (κ2) is 6.84. The van der Waals surface area contributed by atoms with Crippen molar-refractivity contribution in [2.45, 2.75) is 0 Å². The van der Waals surface area contributed by atoms with Crippen molar-refractivity contribution in [2.75, 3.05) is 5.43 Å². The number of halogens is 5. The molecular weight excluding hydrogens is 303 g/mol. The molecule has 0 bridgehead atoms. The van der Waals surface area contributed by atoms with Crippen molar-refractivity contribution in [1.29, 1.82) is 0 Å². The van der Waals surface area contributed by atoms with Gasteiger partial charge < -0.3 is 0 Å². The molecule has 0 fully saturated rings. The standard InChI is InChI=1S/C15H9F5N2/c16-10-11(17)13(19)15(14(20)12(10)18)22-21-8-4-7-9-5-2-1-3-6-9/h1-8,22H/b7-4+,21-8+. The van der Waals surface area contributed by atoms with Crippen LogP contribution in [0.5, 0.6) is 0 Å². The van der Waals surface area contributed by atoms with E-state index in [1.165, 1.54) is 6.08 Å². The lowest BCUT2D eigenvalue weighted by Crippen LogP contribution is -2.06. The second-order valence-corrected chi connectivity index (χ2v) is 4.10. The summed E-state index contributed by atoms with van der Waals surface area (Å²) in [5, 5.41) is 3.39. The summed E-state index contributed by atoms with van der Waals surface area (Å²) in [4.78, 5) is 0. The number of anilines is 1. The number of hydrazone groups is 1. The highest BCUT2D eigenvalue weighted by molar-refractivity contribution is 5.78. The zero-order valence-electron chi connectivity index (χ0n) is 11.0. The average Bonchev–Trinajstić information content (AvgIpc) is 2.54. The van der Waals surface area contributed by atoms with Gasteiger partial charge in [-0.3, -0.25) is 5.43 Å². The predicted octanol–water partition coefficient (Wildman–Crippen LogP) is 4.49. The molecule has 2 aromatic carbocycles. The van der Waals surface area contributed by atoms with E-state index in [0.717, 1.165) is 11.8 Å². The summed E-state index contributed by atoms with van der Waals surface area (Å²) < 4.78 is 65.3. The first-order chi connectivity index (χ1) is 10.5. The van der Waals surface area contributed by atoms with E-state index in [0.29, 0.717) is 0 Å². The third kappa shape index (κ3) is 3.30. The van der Waals surface area contributed by atoms with E-state index in [1.54, 1.807) is 11.5 Å². The summed E-state index contributed by atoms with van der Waals surface area (Å²) in [5.41, 5.74) is 1.44. The Balaban J connectivity index is 2.12. The van der Waals surface area contributed by atoms with Crippen molar-refractivity contribution in [3.63, 3.8) is 0 Å². The molecule has 1 N–H and O–H groups in total. The SMILES string of the molecule is Fc1c(F)c(F)c(N/N=C/C=C/c2ccccc2)c(F)c1F. The average molecular weight is 312 g/mol. The summed E-state index contributed by atoms with van der Waals surface area (Å²) in [6, 6.07) is 9.06. The molecule has 0 aliphatic carbocycles. The van der Waals surface area contributed by atoms with Crippen LogP contribution in [0.2, 0.25) is 0 Å². The van der Waals surface area contributed by atoms with E-state index in [1.807, 2.05) is 30.3 Å². The highest BCUT2D eigenvalue weighted by Crippen LogP contribution is 2.26. The lowest BCUT2D eigenvalue weighted by molar-refractivity contribution is 0.381. The van der Waals surface area contributed by atoms with Crippen LogP contribution < -0.4 is 5.43 Å². The zero-order valence-corrected chi connectivity index (χ0v) is 11.0. The summed E-state index contributed by atoms with van der Waals surface area (Å²) in [6.45, 7) is 0. The number of hydrogen-bond acceptors (Lipinski definition) is 2. The van der Waals surface area contributed by atoms with Crippen LogP contribution >= 0.6 is 0 Å². The third-order valence-corrected chi connectivity index (χ3v) is 2.64. The minimum atomic E-state index is -2.21. The fraction of sp³-hybridized carbons (Fsp3) is 0. The van der Waals surface area contributed by atoms with E-state index in [-0.39, 0.29) is 0 Å². The summed E-state index contributed by atoms with van der Waals surface area (Å²) in [6.07, 6.45) is 4.20. The van der Waals surface area contributed by atoms with Crippen molar-refractivity contribution in [3.8, 4) is 0 Å². The van der Waals surface area contributed by atoms with Crippen LogP contribution in [0.15, 0.2) is 41.5 Å². The van der Waals surface area contributed by atoms with Gasteiger partial charge in [-0.1, -0.05) is 36.4 Å². The molecule has 0 unspecified atom stereocenters. The van der Waals surface area contributed by atoms with Crippen LogP contribution in [-0.4, -0.2) is 6.21 Å². The minimum absolute atomic E-state index is 0.852. The van der Waals surface area contributed by atoms with Crippen LogP contribution in [0, 0.1) is 29.1 Å². The third-order valence-electron chi connectivity index (χ3n) is 2.64. The molecule has 0 saturated heterocycles. The molecule has 0 aliphatic heterocycles. The Kier molecular flexibility index (Phi) is 4.88. The number of allylic oxidation sites excluding steroid dienone is 1. The van der Waals surface area contributed by atoms with Gasteiger partial charge >= 0.3 is 0 Å². The van der Waals surface area contributed by atoms with Gasteiger partial charge in [0.15, 0.2) is 23.3 Å². The van der Waals surface area contributed by atoms with Crippen LogP contribution in [0.1, 0.15) is 5.56 Å². The van der Waals surface area contributed by atoms with Crippen molar-refractivity contribution in [1.82, 2.24) is 0 Å². The maximum Gasteiger partial charge on any atom is 0.200 e. The normalized spacial score (nSPS) is 11.5. The van der Waals surface area contributed by atoms with Gasteiger partial charge in [0.05, 0.1) is 0 Å². The van der Waals surface area contributed by atoms with Gasteiger partial charge in [-0.25, -0.2) is 22.0 Å². The lowest BCUT2D eigenvalue weighted by atomic mass is 10.2. The second-order valence-electron chi connectivity index (χ2n) is 4.10. The molecule has 0 radical (unpaired) electrons. The van der Waals surface area contributed by atoms with Gasteiger partial charge in [0.2, 0.25) is 5.82 Å². The highest BCUT2D eigenvalue weighted by atomic mass is 19.2. The van der Waals surface area contributed by atoms with Crippen molar-refractivity contribution >= 4 is 18.0 Å². The van der Waals surface area contributed by atoms with Crippen LogP contribution in [0.3, 0.4) is 0 Å². The van der Waals surface area contributed by atoms with E-state index in [4.69, 9.17) is 0 Å². The fourth-order valence-corrected chi connectivity index (χ4v) is 1.57. The number of rotatable bonds is 4. The lowest BCUT2D eigenvalue weighted by Gasteiger charge is -2.06. The molecule has 7 heteroatoms. The smallest absolute Gasteiger partial charge is 0.200 e. The number of benzene rings is 2. The van der Waals surface area contributed by atoms with Gasteiger partial charge in [-0.2, -0.15) is 5.10 Å². The largest absolute Gasteiger partial charge is 0.272 e. The van der Waals surface area contributed by atoms with Gasteiger partial charge in [-0.15, -0.1) is 0 Å². The van der Waals surface area contributed by atoms with E-state index < -0.39 is 34.8 Å². The minimum Gasteiger partial charge on any atom is -0.272 e. The Hall–Kier alpha value is -2.70. The van der Waals surface area contributed by atoms with E-state index >= 15 is 0 Å². The monoisotopic (exact) mass is 312 g/mol. The Labute approximate surface area is 122 Å². The molecule has 0 heterocycles. The molecule has 0 amide bonds. The topological polar surface area (TPSA) is 24.4 Å². The molecule has 0 atom stereocenters. The quantitative estimate of drug-likeness (QED) is 0.290. The Bertz CT molecular complexity index is 697. The molecule has 2 nitrogen and oxygen atoms in total. The summed E-state index contributed by atoms with van der Waals surface area (Å²) in [5.74, 6) is -10.2. The maximum absolute atomic E-state index is 13.3. The summed E-state index contributed by atoms with van der Waals surface area (Å²) >= 11 is 0. The first kappa shape index (κ1) is 15.7. The Morgan fingerprint density at radius 3 is 1.91 bits per heavy atom. The van der Waals surface area contributed by atoms with E-state index in [2.05, 4.69) is 5.10 Å². The number of hydrogen-bond donors (Lipinski definition) is 1. The number of nitrogens with zero attached hydrogens (tertiary/aromatic N) is 1. The van der Waals surface area contributed by atoms with Gasteiger partial charge in [0, 0.05) is 6.21 Å². The predicted molar refractivity (Wildman–Crippen MR) is 73.8 cm³/mol. The molecule has 0 saturated carbocycles.